The van der Waals surface area contributed by atoms with E-state index in [-0.39, 0.29) is 19.1 Å². The highest BCUT2D eigenvalue weighted by Crippen LogP contribution is 2.26. The van der Waals surface area contributed by atoms with Crippen LogP contribution in [-0.2, 0) is 23.8 Å². The molecule has 2 aromatic rings. The smallest absolute Gasteiger partial charge is 0.302 e. The first-order valence-corrected chi connectivity index (χ1v) is 11.2. The number of carbonyl (C=O) groups excluding carboxylic acids is 3. The maximum atomic E-state index is 12.2. The number of pyridine rings is 1. The number of esters is 2. The monoisotopic (exact) mass is 479 g/mol. The maximum Gasteiger partial charge on any atom is 0.302 e. The number of amides is 1. The molecule has 9 nitrogen and oxygen atoms in total. The molecular weight excluding hydrogens is 450 g/mol. The number of nitrogens with one attached hydrogen (secondary N) is 2. The molecule has 1 aliphatic heterocycles. The topological polar surface area (TPSA) is 116 Å². The van der Waals surface area contributed by atoms with Crippen LogP contribution in [0.15, 0.2) is 72.6 Å². The molecule has 0 spiro atoms. The first-order valence-electron chi connectivity index (χ1n) is 11.2. The molecule has 1 aromatic carbocycles. The van der Waals surface area contributed by atoms with Crippen molar-refractivity contribution in [2.75, 3.05) is 26.4 Å². The third kappa shape index (κ3) is 7.99. The zero-order chi connectivity index (χ0) is 25.1. The first-order chi connectivity index (χ1) is 16.9. The van der Waals surface area contributed by atoms with E-state index in [1.807, 2.05) is 30.3 Å². The molecule has 0 fully saturated rings. The van der Waals surface area contributed by atoms with Crippen molar-refractivity contribution in [2.45, 2.75) is 25.8 Å². The van der Waals surface area contributed by atoms with Gasteiger partial charge in [-0.3, -0.25) is 19.4 Å². The van der Waals surface area contributed by atoms with E-state index in [1.54, 1.807) is 36.5 Å². The minimum Gasteiger partial charge on any atom is -0.494 e. The lowest BCUT2D eigenvalue weighted by Gasteiger charge is -2.35. The molecule has 0 saturated carbocycles. The molecule has 1 amide bonds. The van der Waals surface area contributed by atoms with Crippen LogP contribution in [0.1, 0.15) is 36.3 Å². The Morgan fingerprint density at radius 2 is 1.66 bits per heavy atom. The minimum atomic E-state index is -1.05. The lowest BCUT2D eigenvalue weighted by Crippen LogP contribution is -2.52. The van der Waals surface area contributed by atoms with Crippen LogP contribution in [0.5, 0.6) is 0 Å². The van der Waals surface area contributed by atoms with Crippen LogP contribution in [0.3, 0.4) is 0 Å². The van der Waals surface area contributed by atoms with Gasteiger partial charge in [-0.1, -0.05) is 24.3 Å². The summed E-state index contributed by atoms with van der Waals surface area (Å²) in [6.45, 7) is 3.21. The SMILES string of the molecule is CC(=O)OCC1(COC(C)=O)C=C(OCCCNC(=O)c2ccccc2)C=C(c2ccccn2)N1. The summed E-state index contributed by atoms with van der Waals surface area (Å²) in [6, 6.07) is 14.4. The molecule has 35 heavy (non-hydrogen) atoms. The molecule has 1 aliphatic rings. The number of nitrogens with zero attached hydrogens (tertiary/aromatic N) is 1. The standard InChI is InChI=1S/C26H29N3O6/c1-19(30)34-17-26(18-35-20(2)31)16-22(15-24(29-26)23-11-6-7-12-27-23)33-14-8-13-28-25(32)21-9-4-3-5-10-21/h3-7,9-12,15-16,29H,8,13-14,17-18H2,1-2H3,(H,28,32). The molecule has 0 radical (unpaired) electrons. The molecule has 3 rings (SSSR count). The molecule has 0 aliphatic carbocycles. The average molecular weight is 480 g/mol. The van der Waals surface area contributed by atoms with Gasteiger partial charge in [0.2, 0.25) is 0 Å². The first kappa shape index (κ1) is 25.5. The van der Waals surface area contributed by atoms with Gasteiger partial charge in [-0.05, 0) is 36.8 Å². The van der Waals surface area contributed by atoms with Gasteiger partial charge in [0.1, 0.15) is 24.5 Å². The van der Waals surface area contributed by atoms with Gasteiger partial charge in [0.05, 0.1) is 18.0 Å². The summed E-state index contributed by atoms with van der Waals surface area (Å²) in [7, 11) is 0. The number of ether oxygens (including phenoxy) is 3. The summed E-state index contributed by atoms with van der Waals surface area (Å²) in [5, 5.41) is 6.15. The van der Waals surface area contributed by atoms with E-state index < -0.39 is 17.5 Å². The van der Waals surface area contributed by atoms with Crippen LogP contribution in [-0.4, -0.2) is 54.7 Å². The predicted molar refractivity (Wildman–Crippen MR) is 129 cm³/mol. The molecule has 9 heteroatoms. The Hall–Kier alpha value is -4.14. The molecule has 2 N–H and O–H groups in total. The summed E-state index contributed by atoms with van der Waals surface area (Å²) in [6.07, 6.45) is 5.74. The van der Waals surface area contributed by atoms with E-state index in [1.165, 1.54) is 13.8 Å². The maximum absolute atomic E-state index is 12.2. The van der Waals surface area contributed by atoms with Gasteiger partial charge in [-0.25, -0.2) is 0 Å². The van der Waals surface area contributed by atoms with Crippen LogP contribution < -0.4 is 10.6 Å². The second-order valence-corrected chi connectivity index (χ2v) is 7.99. The fourth-order valence-corrected chi connectivity index (χ4v) is 3.35. The Balaban J connectivity index is 1.70. The number of aromatic nitrogens is 1. The molecule has 2 heterocycles. The van der Waals surface area contributed by atoms with Crippen LogP contribution in [0.25, 0.3) is 5.70 Å². The zero-order valence-electron chi connectivity index (χ0n) is 19.8. The summed E-state index contributed by atoms with van der Waals surface area (Å²) in [5.41, 5.74) is 0.820. The average Bonchev–Trinajstić information content (AvgIpc) is 2.87. The number of carbonyl (C=O) groups is 3. The lowest BCUT2D eigenvalue weighted by molar-refractivity contribution is -0.146. The quantitative estimate of drug-likeness (QED) is 0.373. The van der Waals surface area contributed by atoms with E-state index in [4.69, 9.17) is 14.2 Å². The van der Waals surface area contributed by atoms with Crippen molar-refractivity contribution in [3.05, 3.63) is 83.9 Å². The Bertz CT molecular complexity index is 1060. The normalized spacial score (nSPS) is 14.0. The third-order valence-electron chi connectivity index (χ3n) is 5.01. The Morgan fingerprint density at radius 3 is 2.29 bits per heavy atom. The van der Waals surface area contributed by atoms with Crippen molar-refractivity contribution in [2.24, 2.45) is 0 Å². The zero-order valence-corrected chi connectivity index (χ0v) is 19.8. The van der Waals surface area contributed by atoms with Crippen molar-refractivity contribution in [1.82, 2.24) is 15.6 Å². The van der Waals surface area contributed by atoms with E-state index in [0.717, 1.165) is 0 Å². The largest absolute Gasteiger partial charge is 0.494 e. The molecule has 0 unspecified atom stereocenters. The number of allylic oxidation sites excluding steroid dienone is 1. The lowest BCUT2D eigenvalue weighted by atomic mass is 9.95. The highest BCUT2D eigenvalue weighted by atomic mass is 16.5. The van der Waals surface area contributed by atoms with Crippen LogP contribution >= 0.6 is 0 Å². The van der Waals surface area contributed by atoms with Gasteiger partial charge in [0, 0.05) is 38.2 Å². The van der Waals surface area contributed by atoms with E-state index in [9.17, 15) is 14.4 Å². The summed E-state index contributed by atoms with van der Waals surface area (Å²) >= 11 is 0. The molecule has 0 atom stereocenters. The Kier molecular flexibility index (Phi) is 9.00. The van der Waals surface area contributed by atoms with Crippen molar-refractivity contribution in [1.29, 1.82) is 0 Å². The van der Waals surface area contributed by atoms with Gasteiger partial charge in [-0.15, -0.1) is 0 Å². The van der Waals surface area contributed by atoms with Gasteiger partial charge in [0.15, 0.2) is 0 Å². The van der Waals surface area contributed by atoms with Gasteiger partial charge in [0.25, 0.3) is 5.91 Å². The third-order valence-corrected chi connectivity index (χ3v) is 5.01. The molecule has 1 aromatic heterocycles. The van der Waals surface area contributed by atoms with Crippen molar-refractivity contribution in [3.8, 4) is 0 Å². The van der Waals surface area contributed by atoms with Crippen LogP contribution in [0.2, 0.25) is 0 Å². The molecule has 0 saturated heterocycles. The Labute approximate surface area is 204 Å². The van der Waals surface area contributed by atoms with E-state index in [0.29, 0.717) is 42.3 Å². The summed E-state index contributed by atoms with van der Waals surface area (Å²) in [4.78, 5) is 39.6. The second kappa shape index (κ2) is 12.4. The number of hydrogen-bond acceptors (Lipinski definition) is 8. The van der Waals surface area contributed by atoms with Gasteiger partial charge >= 0.3 is 11.9 Å². The highest BCUT2D eigenvalue weighted by molar-refractivity contribution is 5.94. The number of hydrogen-bond donors (Lipinski definition) is 2. The van der Waals surface area contributed by atoms with E-state index in [2.05, 4.69) is 15.6 Å². The number of rotatable bonds is 11. The predicted octanol–water partition coefficient (Wildman–Crippen LogP) is 2.61. The fraction of sp³-hybridized carbons (Fsp3) is 0.308. The van der Waals surface area contributed by atoms with Crippen molar-refractivity contribution < 1.29 is 28.6 Å². The van der Waals surface area contributed by atoms with Crippen molar-refractivity contribution in [3.63, 3.8) is 0 Å². The van der Waals surface area contributed by atoms with Gasteiger partial charge in [-0.2, -0.15) is 0 Å². The molecular formula is C26H29N3O6. The van der Waals surface area contributed by atoms with E-state index >= 15 is 0 Å². The Morgan fingerprint density at radius 1 is 0.971 bits per heavy atom. The number of benzene rings is 1. The molecule has 0 bridgehead atoms. The van der Waals surface area contributed by atoms with Crippen molar-refractivity contribution >= 4 is 23.5 Å². The second-order valence-electron chi connectivity index (χ2n) is 7.99. The van der Waals surface area contributed by atoms with Crippen LogP contribution in [0, 0.1) is 0 Å². The van der Waals surface area contributed by atoms with Gasteiger partial charge < -0.3 is 24.8 Å². The molecule has 184 valence electrons. The summed E-state index contributed by atoms with van der Waals surface area (Å²) < 4.78 is 16.5. The summed E-state index contributed by atoms with van der Waals surface area (Å²) in [5.74, 6) is -0.579. The fourth-order valence-electron chi connectivity index (χ4n) is 3.35. The minimum absolute atomic E-state index is 0.0836. The van der Waals surface area contributed by atoms with Crippen LogP contribution in [0.4, 0.5) is 0 Å². The highest BCUT2D eigenvalue weighted by Gasteiger charge is 2.36. The number of dihydropyridines is 1.